The second kappa shape index (κ2) is 10.7. The molecule has 0 unspecified atom stereocenters. The van der Waals surface area contributed by atoms with Crippen molar-refractivity contribution in [3.05, 3.63) is 91.8 Å². The van der Waals surface area contributed by atoms with Crippen LogP contribution in [-0.2, 0) is 19.6 Å². The molecular formula is C25H28Cl2N2O2. The van der Waals surface area contributed by atoms with Crippen molar-refractivity contribution in [3.63, 3.8) is 0 Å². The Morgan fingerprint density at radius 3 is 2.35 bits per heavy atom. The predicted octanol–water partition coefficient (Wildman–Crippen LogP) is 6.13. The quantitative estimate of drug-likeness (QED) is 0.386. The fraction of sp³-hybridized carbons (Fsp3) is 0.320. The first kappa shape index (κ1) is 23.2. The Morgan fingerprint density at radius 2 is 1.68 bits per heavy atom. The van der Waals surface area contributed by atoms with Crippen molar-refractivity contribution in [2.24, 2.45) is 0 Å². The van der Waals surface area contributed by atoms with Gasteiger partial charge in [0.2, 0.25) is 0 Å². The maximum atomic E-state index is 12.8. The van der Waals surface area contributed by atoms with Gasteiger partial charge in [0.05, 0.1) is 10.7 Å². The molecule has 0 N–H and O–H groups in total. The minimum atomic E-state index is -0.256. The molecule has 31 heavy (non-hydrogen) atoms. The van der Waals surface area contributed by atoms with Gasteiger partial charge in [0.25, 0.3) is 5.56 Å². The molecule has 0 radical (unpaired) electrons. The number of benzene rings is 2. The van der Waals surface area contributed by atoms with Crippen LogP contribution >= 0.6 is 23.2 Å². The molecule has 164 valence electrons. The smallest absolute Gasteiger partial charge is 0.269 e. The number of anilines is 1. The summed E-state index contributed by atoms with van der Waals surface area (Å²) in [6.45, 7) is 8.79. The minimum Gasteiger partial charge on any atom is -0.487 e. The summed E-state index contributed by atoms with van der Waals surface area (Å²) in [4.78, 5) is 15.0. The standard InChI is InChI=1S/C25H28Cl2N2O2/c1-4-28(5-2)20-7-6-8-21(15-20)31-17-24-22(26)16-23(27)25(30)29(24)14-13-19-11-9-18(3)10-12-19/h6-12,15-16H,4-5,13-14,17H2,1-3H3. The molecule has 0 fully saturated rings. The van der Waals surface area contributed by atoms with Crippen LogP contribution in [0, 0.1) is 6.92 Å². The Labute approximate surface area is 194 Å². The topological polar surface area (TPSA) is 34.5 Å². The molecule has 0 spiro atoms. The van der Waals surface area contributed by atoms with E-state index in [9.17, 15) is 4.79 Å². The third-order valence-electron chi connectivity index (χ3n) is 5.37. The lowest BCUT2D eigenvalue weighted by Gasteiger charge is -2.22. The average molecular weight is 459 g/mol. The number of aryl methyl sites for hydroxylation is 2. The molecule has 6 heteroatoms. The molecular weight excluding hydrogens is 431 g/mol. The number of rotatable bonds is 9. The van der Waals surface area contributed by atoms with Crippen molar-refractivity contribution in [1.29, 1.82) is 0 Å². The van der Waals surface area contributed by atoms with Crippen molar-refractivity contribution in [3.8, 4) is 5.75 Å². The maximum Gasteiger partial charge on any atom is 0.269 e. The summed E-state index contributed by atoms with van der Waals surface area (Å²) in [6.07, 6.45) is 0.696. The molecule has 4 nitrogen and oxygen atoms in total. The van der Waals surface area contributed by atoms with Crippen molar-refractivity contribution < 1.29 is 4.74 Å². The van der Waals surface area contributed by atoms with E-state index >= 15 is 0 Å². The van der Waals surface area contributed by atoms with E-state index in [2.05, 4.69) is 56.0 Å². The molecule has 2 aromatic carbocycles. The van der Waals surface area contributed by atoms with Crippen LogP contribution in [0.4, 0.5) is 5.69 Å². The zero-order valence-corrected chi connectivity index (χ0v) is 19.7. The number of halogens is 2. The lowest BCUT2D eigenvalue weighted by atomic mass is 10.1. The zero-order valence-electron chi connectivity index (χ0n) is 18.2. The number of hydrogen-bond acceptors (Lipinski definition) is 3. The van der Waals surface area contributed by atoms with Gasteiger partial charge in [-0.2, -0.15) is 0 Å². The Bertz CT molecular complexity index is 1070. The predicted molar refractivity (Wildman–Crippen MR) is 130 cm³/mol. The van der Waals surface area contributed by atoms with Crippen molar-refractivity contribution in [1.82, 2.24) is 4.57 Å². The van der Waals surface area contributed by atoms with Gasteiger partial charge in [-0.05, 0) is 51.0 Å². The summed E-state index contributed by atoms with van der Waals surface area (Å²) >= 11 is 12.6. The van der Waals surface area contributed by atoms with E-state index in [-0.39, 0.29) is 17.2 Å². The molecule has 0 amide bonds. The number of ether oxygens (including phenoxy) is 1. The number of hydrogen-bond donors (Lipinski definition) is 0. The fourth-order valence-electron chi connectivity index (χ4n) is 3.53. The molecule has 0 aliphatic carbocycles. The van der Waals surface area contributed by atoms with Crippen LogP contribution in [0.3, 0.4) is 0 Å². The van der Waals surface area contributed by atoms with Crippen LogP contribution in [0.25, 0.3) is 0 Å². The minimum absolute atomic E-state index is 0.112. The molecule has 0 bridgehead atoms. The van der Waals surface area contributed by atoms with E-state index < -0.39 is 0 Å². The SMILES string of the molecule is CCN(CC)c1cccc(OCc2c(Cl)cc(Cl)c(=O)n2CCc2ccc(C)cc2)c1. The largest absolute Gasteiger partial charge is 0.487 e. The van der Waals surface area contributed by atoms with E-state index in [0.29, 0.717) is 23.7 Å². The first-order chi connectivity index (χ1) is 14.9. The molecule has 1 heterocycles. The highest BCUT2D eigenvalue weighted by Gasteiger charge is 2.14. The van der Waals surface area contributed by atoms with Crippen LogP contribution in [0.1, 0.15) is 30.7 Å². The molecule has 3 aromatic rings. The van der Waals surface area contributed by atoms with Gasteiger partial charge in [0.1, 0.15) is 17.4 Å². The molecule has 1 aromatic heterocycles. The lowest BCUT2D eigenvalue weighted by Crippen LogP contribution is -2.26. The highest BCUT2D eigenvalue weighted by molar-refractivity contribution is 6.34. The van der Waals surface area contributed by atoms with Gasteiger partial charge in [-0.25, -0.2) is 0 Å². The fourth-order valence-corrected chi connectivity index (χ4v) is 4.06. The molecule has 0 aliphatic rings. The van der Waals surface area contributed by atoms with Crippen LogP contribution in [0.5, 0.6) is 5.75 Å². The van der Waals surface area contributed by atoms with Gasteiger partial charge < -0.3 is 14.2 Å². The Balaban J connectivity index is 1.82. The highest BCUT2D eigenvalue weighted by atomic mass is 35.5. The molecule has 0 saturated heterocycles. The molecule has 0 saturated carbocycles. The Kier molecular flexibility index (Phi) is 8.05. The summed E-state index contributed by atoms with van der Waals surface area (Å²) < 4.78 is 7.67. The van der Waals surface area contributed by atoms with Gasteiger partial charge in [0.15, 0.2) is 0 Å². The molecule has 0 aliphatic heterocycles. The van der Waals surface area contributed by atoms with Gasteiger partial charge in [-0.15, -0.1) is 0 Å². The normalized spacial score (nSPS) is 10.9. The summed E-state index contributed by atoms with van der Waals surface area (Å²) in [5.74, 6) is 0.730. The van der Waals surface area contributed by atoms with Crippen LogP contribution in [0.2, 0.25) is 10.0 Å². The maximum absolute atomic E-state index is 12.8. The van der Waals surface area contributed by atoms with Gasteiger partial charge >= 0.3 is 0 Å². The molecule has 3 rings (SSSR count). The van der Waals surface area contributed by atoms with Gasteiger partial charge in [0, 0.05) is 31.4 Å². The number of aromatic nitrogens is 1. The van der Waals surface area contributed by atoms with Crippen molar-refractivity contribution in [2.75, 3.05) is 18.0 Å². The first-order valence-corrected chi connectivity index (χ1v) is 11.3. The van der Waals surface area contributed by atoms with Crippen LogP contribution < -0.4 is 15.2 Å². The Morgan fingerprint density at radius 1 is 0.968 bits per heavy atom. The third kappa shape index (κ3) is 5.84. The van der Waals surface area contributed by atoms with E-state index in [1.807, 2.05) is 18.2 Å². The van der Waals surface area contributed by atoms with E-state index in [0.717, 1.165) is 30.1 Å². The van der Waals surface area contributed by atoms with E-state index in [1.165, 1.54) is 11.6 Å². The first-order valence-electron chi connectivity index (χ1n) is 10.5. The number of pyridine rings is 1. The Hall–Kier alpha value is -2.43. The number of nitrogens with zero attached hydrogens (tertiary/aromatic N) is 2. The molecule has 0 atom stereocenters. The van der Waals surface area contributed by atoms with Gasteiger partial charge in [-0.1, -0.05) is 59.1 Å². The summed E-state index contributed by atoms with van der Waals surface area (Å²) in [5, 5.41) is 0.537. The van der Waals surface area contributed by atoms with Crippen molar-refractivity contribution in [2.45, 2.75) is 40.3 Å². The summed E-state index contributed by atoms with van der Waals surface area (Å²) in [5.41, 5.74) is 3.81. The van der Waals surface area contributed by atoms with Gasteiger partial charge in [-0.3, -0.25) is 4.79 Å². The monoisotopic (exact) mass is 458 g/mol. The second-order valence-corrected chi connectivity index (χ2v) is 8.25. The summed E-state index contributed by atoms with van der Waals surface area (Å²) in [6, 6.07) is 17.7. The van der Waals surface area contributed by atoms with Crippen LogP contribution in [0.15, 0.2) is 59.4 Å². The van der Waals surface area contributed by atoms with Crippen LogP contribution in [-0.4, -0.2) is 17.7 Å². The summed E-state index contributed by atoms with van der Waals surface area (Å²) in [7, 11) is 0. The third-order valence-corrected chi connectivity index (χ3v) is 5.97. The van der Waals surface area contributed by atoms with Crippen molar-refractivity contribution >= 4 is 28.9 Å². The second-order valence-electron chi connectivity index (χ2n) is 7.44. The zero-order chi connectivity index (χ0) is 22.4. The average Bonchev–Trinajstić information content (AvgIpc) is 2.77. The lowest BCUT2D eigenvalue weighted by molar-refractivity contribution is 0.292. The highest BCUT2D eigenvalue weighted by Crippen LogP contribution is 2.24. The van der Waals surface area contributed by atoms with E-state index in [4.69, 9.17) is 27.9 Å². The van der Waals surface area contributed by atoms with E-state index in [1.54, 1.807) is 4.57 Å².